The van der Waals surface area contributed by atoms with E-state index in [1.54, 1.807) is 0 Å². The number of aliphatic hydroxyl groups excluding tert-OH is 2. The number of aliphatic hydroxyl groups is 2. The fraction of sp³-hybridized carbons (Fsp3) is 1.00. The first-order chi connectivity index (χ1) is 6.93. The quantitative estimate of drug-likeness (QED) is 0.648. The van der Waals surface area contributed by atoms with E-state index in [-0.39, 0.29) is 12.7 Å². The molecule has 1 aliphatic rings. The highest BCUT2D eigenvalue weighted by Crippen LogP contribution is 2.22. The van der Waals surface area contributed by atoms with Crippen LogP contribution in [-0.4, -0.2) is 66.5 Å². The van der Waals surface area contributed by atoms with Gasteiger partial charge in [-0.05, 0) is 20.9 Å². The van der Waals surface area contributed by atoms with Crippen molar-refractivity contribution in [3.63, 3.8) is 0 Å². The third-order valence-electron chi connectivity index (χ3n) is 2.32. The number of hydrogen-bond donors (Lipinski definition) is 2. The predicted molar refractivity (Wildman–Crippen MR) is 55.5 cm³/mol. The van der Waals surface area contributed by atoms with Crippen molar-refractivity contribution >= 4 is 0 Å². The lowest BCUT2D eigenvalue weighted by molar-refractivity contribution is -0.140. The zero-order valence-corrected chi connectivity index (χ0v) is 9.64. The standard InChI is InChI=1S/C10H21NO4/c1-10(2)14-7-9(15-10)5-11(3)4-8(13)6-12/h8-9,12-13H,4-7H2,1-3H3. The molecule has 1 saturated heterocycles. The fourth-order valence-electron chi connectivity index (χ4n) is 1.69. The van der Waals surface area contributed by atoms with Crippen LogP contribution in [0.3, 0.4) is 0 Å². The van der Waals surface area contributed by atoms with E-state index in [1.807, 2.05) is 25.8 Å². The zero-order valence-electron chi connectivity index (χ0n) is 9.64. The molecule has 5 nitrogen and oxygen atoms in total. The van der Waals surface area contributed by atoms with E-state index in [4.69, 9.17) is 14.6 Å². The number of hydrogen-bond acceptors (Lipinski definition) is 5. The Kier molecular flexibility index (Phi) is 4.48. The summed E-state index contributed by atoms with van der Waals surface area (Å²) in [5, 5.41) is 17.9. The Balaban J connectivity index is 2.24. The van der Waals surface area contributed by atoms with Crippen LogP contribution in [0.2, 0.25) is 0 Å². The van der Waals surface area contributed by atoms with Gasteiger partial charge in [-0.1, -0.05) is 0 Å². The molecule has 0 saturated carbocycles. The Morgan fingerprint density at radius 1 is 1.53 bits per heavy atom. The molecule has 1 heterocycles. The van der Waals surface area contributed by atoms with Crippen molar-refractivity contribution in [2.24, 2.45) is 0 Å². The summed E-state index contributed by atoms with van der Waals surface area (Å²) in [7, 11) is 1.88. The van der Waals surface area contributed by atoms with Crippen molar-refractivity contribution in [2.75, 3.05) is 33.4 Å². The molecule has 0 bridgehead atoms. The largest absolute Gasteiger partial charge is 0.394 e. The minimum absolute atomic E-state index is 0.0379. The Hall–Kier alpha value is -0.200. The van der Waals surface area contributed by atoms with Crippen molar-refractivity contribution in [1.29, 1.82) is 0 Å². The second-order valence-corrected chi connectivity index (χ2v) is 4.51. The molecule has 2 N–H and O–H groups in total. The highest BCUT2D eigenvalue weighted by molar-refractivity contribution is 4.74. The van der Waals surface area contributed by atoms with Gasteiger partial charge in [0.25, 0.3) is 0 Å². The number of nitrogens with zero attached hydrogens (tertiary/aromatic N) is 1. The van der Waals surface area contributed by atoms with Crippen LogP contribution < -0.4 is 0 Å². The number of ether oxygens (including phenoxy) is 2. The van der Waals surface area contributed by atoms with Crippen LogP contribution >= 0.6 is 0 Å². The van der Waals surface area contributed by atoms with Crippen molar-refractivity contribution in [2.45, 2.75) is 31.8 Å². The highest BCUT2D eigenvalue weighted by Gasteiger charge is 2.33. The molecule has 0 aromatic carbocycles. The van der Waals surface area contributed by atoms with E-state index in [1.165, 1.54) is 0 Å². The Morgan fingerprint density at radius 3 is 2.67 bits per heavy atom. The van der Waals surface area contributed by atoms with E-state index in [0.717, 1.165) is 0 Å². The van der Waals surface area contributed by atoms with Crippen LogP contribution in [0.5, 0.6) is 0 Å². The van der Waals surface area contributed by atoms with E-state index in [2.05, 4.69) is 0 Å². The van der Waals surface area contributed by atoms with Crippen molar-refractivity contribution in [1.82, 2.24) is 4.90 Å². The molecule has 0 spiro atoms. The predicted octanol–water partition coefficient (Wildman–Crippen LogP) is -0.577. The zero-order chi connectivity index (χ0) is 11.5. The first kappa shape index (κ1) is 12.9. The molecule has 0 aromatic heterocycles. The molecule has 0 radical (unpaired) electrons. The van der Waals surface area contributed by atoms with E-state index in [9.17, 15) is 5.11 Å². The number of rotatable bonds is 5. The van der Waals surface area contributed by atoms with Crippen LogP contribution in [0.4, 0.5) is 0 Å². The second kappa shape index (κ2) is 5.23. The summed E-state index contributed by atoms with van der Waals surface area (Å²) >= 11 is 0. The van der Waals surface area contributed by atoms with E-state index in [0.29, 0.717) is 19.7 Å². The third kappa shape index (κ3) is 4.44. The van der Waals surface area contributed by atoms with Gasteiger partial charge in [0.1, 0.15) is 0 Å². The molecule has 0 amide bonds. The summed E-state index contributed by atoms with van der Waals surface area (Å²) in [6.45, 7) is 5.27. The first-order valence-electron chi connectivity index (χ1n) is 5.22. The highest BCUT2D eigenvalue weighted by atomic mass is 16.7. The van der Waals surface area contributed by atoms with Crippen LogP contribution in [-0.2, 0) is 9.47 Å². The fourth-order valence-corrected chi connectivity index (χ4v) is 1.69. The van der Waals surface area contributed by atoms with Gasteiger partial charge in [-0.25, -0.2) is 0 Å². The van der Waals surface area contributed by atoms with E-state index < -0.39 is 11.9 Å². The molecule has 0 aromatic rings. The molecule has 1 fully saturated rings. The molecule has 2 atom stereocenters. The van der Waals surface area contributed by atoms with Gasteiger partial charge < -0.3 is 24.6 Å². The lowest BCUT2D eigenvalue weighted by atomic mass is 10.3. The van der Waals surface area contributed by atoms with Crippen molar-refractivity contribution in [3.05, 3.63) is 0 Å². The van der Waals surface area contributed by atoms with Gasteiger partial charge in [0, 0.05) is 13.1 Å². The topological polar surface area (TPSA) is 62.2 Å². The molecular formula is C10H21NO4. The van der Waals surface area contributed by atoms with Gasteiger partial charge in [0.05, 0.1) is 25.4 Å². The summed E-state index contributed by atoms with van der Waals surface area (Å²) in [6, 6.07) is 0. The Labute approximate surface area is 90.6 Å². The molecule has 2 unspecified atom stereocenters. The minimum Gasteiger partial charge on any atom is -0.394 e. The Morgan fingerprint density at radius 2 is 2.20 bits per heavy atom. The maximum atomic E-state index is 9.24. The van der Waals surface area contributed by atoms with Gasteiger partial charge in [-0.2, -0.15) is 0 Å². The maximum Gasteiger partial charge on any atom is 0.163 e. The summed E-state index contributed by atoms with van der Waals surface area (Å²) in [6.07, 6.45) is -0.652. The SMILES string of the molecule is CN(CC(O)CO)CC1COC(C)(C)O1. The van der Waals surface area contributed by atoms with Gasteiger partial charge in [-0.3, -0.25) is 0 Å². The summed E-state index contributed by atoms with van der Waals surface area (Å²) in [5.74, 6) is -0.499. The smallest absolute Gasteiger partial charge is 0.163 e. The molecule has 15 heavy (non-hydrogen) atoms. The second-order valence-electron chi connectivity index (χ2n) is 4.51. The van der Waals surface area contributed by atoms with Gasteiger partial charge >= 0.3 is 0 Å². The van der Waals surface area contributed by atoms with Crippen LogP contribution in [0, 0.1) is 0 Å². The molecule has 1 rings (SSSR count). The molecular weight excluding hydrogens is 198 g/mol. The average molecular weight is 219 g/mol. The lowest BCUT2D eigenvalue weighted by Gasteiger charge is -2.23. The van der Waals surface area contributed by atoms with Gasteiger partial charge in [-0.15, -0.1) is 0 Å². The van der Waals surface area contributed by atoms with Crippen LogP contribution in [0.25, 0.3) is 0 Å². The molecule has 5 heteroatoms. The maximum absolute atomic E-state index is 9.24. The van der Waals surface area contributed by atoms with Crippen LogP contribution in [0.1, 0.15) is 13.8 Å². The first-order valence-corrected chi connectivity index (χ1v) is 5.22. The third-order valence-corrected chi connectivity index (χ3v) is 2.32. The van der Waals surface area contributed by atoms with Crippen molar-refractivity contribution < 1.29 is 19.7 Å². The van der Waals surface area contributed by atoms with Gasteiger partial charge in [0.15, 0.2) is 5.79 Å². The monoisotopic (exact) mass is 219 g/mol. The lowest BCUT2D eigenvalue weighted by Crippen LogP contribution is -2.37. The van der Waals surface area contributed by atoms with Crippen LogP contribution in [0.15, 0.2) is 0 Å². The molecule has 0 aliphatic carbocycles. The molecule has 1 aliphatic heterocycles. The average Bonchev–Trinajstić information content (AvgIpc) is 2.44. The number of likely N-dealkylation sites (N-methyl/N-ethyl adjacent to an activating group) is 1. The summed E-state index contributed by atoms with van der Waals surface area (Å²) < 4.78 is 11.1. The summed E-state index contributed by atoms with van der Waals surface area (Å²) in [5.41, 5.74) is 0. The normalized spacial score (nSPS) is 27.2. The van der Waals surface area contributed by atoms with Gasteiger partial charge in [0.2, 0.25) is 0 Å². The Bertz CT molecular complexity index is 198. The molecule has 90 valence electrons. The minimum atomic E-state index is -0.690. The van der Waals surface area contributed by atoms with Crippen molar-refractivity contribution in [3.8, 4) is 0 Å². The van der Waals surface area contributed by atoms with E-state index >= 15 is 0 Å². The summed E-state index contributed by atoms with van der Waals surface area (Å²) in [4.78, 5) is 1.93.